The van der Waals surface area contributed by atoms with Gasteiger partial charge in [0.2, 0.25) is 0 Å². The largest absolute Gasteiger partial charge is 0.491 e. The van der Waals surface area contributed by atoms with Crippen molar-refractivity contribution in [2.24, 2.45) is 0 Å². The minimum atomic E-state index is 0.696. The molecule has 0 saturated carbocycles. The Morgan fingerprint density at radius 1 is 1.11 bits per heavy atom. The lowest BCUT2D eigenvalue weighted by Crippen LogP contribution is -1.98. The average Bonchev–Trinajstić information content (AvgIpc) is 2.39. The molecule has 2 aromatic carbocycles. The highest BCUT2D eigenvalue weighted by Crippen LogP contribution is 2.33. The molecular weight excluding hydrogens is 254 g/mol. The van der Waals surface area contributed by atoms with Gasteiger partial charge in [0.15, 0.2) is 0 Å². The quantitative estimate of drug-likeness (QED) is 0.814. The van der Waals surface area contributed by atoms with Crippen LogP contribution < -0.4 is 10.5 Å². The highest BCUT2D eigenvalue weighted by Gasteiger charge is 2.04. The molecule has 0 aliphatic rings. The third-order valence-electron chi connectivity index (χ3n) is 2.67. The monoisotopic (exact) mass is 273 g/mol. The van der Waals surface area contributed by atoms with E-state index in [1.807, 2.05) is 18.2 Å². The summed E-state index contributed by atoms with van der Waals surface area (Å²) in [5.41, 5.74) is 7.88. The molecule has 2 aromatic rings. The highest BCUT2D eigenvalue weighted by atomic mass is 32.2. The van der Waals surface area contributed by atoms with Gasteiger partial charge in [0.25, 0.3) is 0 Å². The molecule has 0 unspecified atom stereocenters. The molecule has 0 fully saturated rings. The number of nitrogen functional groups attached to an aromatic ring is 1. The van der Waals surface area contributed by atoms with Gasteiger partial charge in [-0.1, -0.05) is 36.4 Å². The third-order valence-corrected chi connectivity index (χ3v) is 3.65. The number of aryl methyl sites for hydroxylation is 1. The van der Waals surface area contributed by atoms with E-state index in [4.69, 9.17) is 10.5 Å². The summed E-state index contributed by atoms with van der Waals surface area (Å²) >= 11 is 1.72. The number of rotatable bonds is 5. The lowest BCUT2D eigenvalue weighted by molar-refractivity contribution is 0.318. The standard InChI is InChI=1S/C16H19NOS/c1-3-9-18-16-11-14(7-8-15(16)17)19-13-6-4-5-12(2)10-13/h4-8,10-11H,3,9,17H2,1-2H3. The number of hydrogen-bond acceptors (Lipinski definition) is 3. The lowest BCUT2D eigenvalue weighted by Gasteiger charge is -2.10. The first-order chi connectivity index (χ1) is 9.19. The molecule has 0 aliphatic carbocycles. The van der Waals surface area contributed by atoms with Crippen molar-refractivity contribution in [2.75, 3.05) is 12.3 Å². The van der Waals surface area contributed by atoms with Crippen LogP contribution in [0.1, 0.15) is 18.9 Å². The van der Waals surface area contributed by atoms with E-state index in [9.17, 15) is 0 Å². The van der Waals surface area contributed by atoms with E-state index in [1.165, 1.54) is 10.5 Å². The number of nitrogens with two attached hydrogens (primary N) is 1. The van der Waals surface area contributed by atoms with Gasteiger partial charge in [0, 0.05) is 9.79 Å². The Morgan fingerprint density at radius 3 is 2.63 bits per heavy atom. The Labute approximate surface area is 119 Å². The van der Waals surface area contributed by atoms with Crippen molar-refractivity contribution in [1.29, 1.82) is 0 Å². The van der Waals surface area contributed by atoms with Crippen LogP contribution in [0.5, 0.6) is 5.75 Å². The van der Waals surface area contributed by atoms with Gasteiger partial charge < -0.3 is 10.5 Å². The molecule has 100 valence electrons. The molecule has 0 amide bonds. The van der Waals surface area contributed by atoms with Gasteiger partial charge in [-0.05, 0) is 43.7 Å². The van der Waals surface area contributed by atoms with Crippen LogP contribution in [0.15, 0.2) is 52.3 Å². The summed E-state index contributed by atoms with van der Waals surface area (Å²) in [5, 5.41) is 0. The van der Waals surface area contributed by atoms with Crippen LogP contribution >= 0.6 is 11.8 Å². The Kier molecular flexibility index (Phi) is 4.74. The molecule has 2 rings (SSSR count). The van der Waals surface area contributed by atoms with Crippen LogP contribution in [0.2, 0.25) is 0 Å². The van der Waals surface area contributed by atoms with Gasteiger partial charge in [0.1, 0.15) is 5.75 Å². The second kappa shape index (κ2) is 6.53. The van der Waals surface area contributed by atoms with E-state index in [-0.39, 0.29) is 0 Å². The molecule has 3 heteroatoms. The van der Waals surface area contributed by atoms with Crippen molar-refractivity contribution in [2.45, 2.75) is 30.1 Å². The maximum atomic E-state index is 5.91. The maximum Gasteiger partial charge on any atom is 0.143 e. The fourth-order valence-corrected chi connectivity index (χ4v) is 2.70. The summed E-state index contributed by atoms with van der Waals surface area (Å²) in [5.74, 6) is 0.777. The minimum Gasteiger partial charge on any atom is -0.491 e. The zero-order valence-corrected chi connectivity index (χ0v) is 12.2. The highest BCUT2D eigenvalue weighted by molar-refractivity contribution is 7.99. The Morgan fingerprint density at radius 2 is 1.89 bits per heavy atom. The van der Waals surface area contributed by atoms with Crippen LogP contribution in [-0.4, -0.2) is 6.61 Å². The van der Waals surface area contributed by atoms with Crippen LogP contribution in [0.25, 0.3) is 0 Å². The fraction of sp³-hybridized carbons (Fsp3) is 0.250. The summed E-state index contributed by atoms with van der Waals surface area (Å²) in [6.07, 6.45) is 0.981. The van der Waals surface area contributed by atoms with E-state index >= 15 is 0 Å². The van der Waals surface area contributed by atoms with E-state index < -0.39 is 0 Å². The molecule has 2 nitrogen and oxygen atoms in total. The van der Waals surface area contributed by atoms with Gasteiger partial charge in [-0.3, -0.25) is 0 Å². The van der Waals surface area contributed by atoms with E-state index in [0.29, 0.717) is 12.3 Å². The van der Waals surface area contributed by atoms with Crippen molar-refractivity contribution < 1.29 is 4.74 Å². The zero-order chi connectivity index (χ0) is 13.7. The molecule has 0 spiro atoms. The van der Waals surface area contributed by atoms with Crippen LogP contribution in [0, 0.1) is 6.92 Å². The SMILES string of the molecule is CCCOc1cc(Sc2cccc(C)c2)ccc1N. The summed E-state index contributed by atoms with van der Waals surface area (Å²) < 4.78 is 5.65. The normalized spacial score (nSPS) is 10.4. The van der Waals surface area contributed by atoms with E-state index in [1.54, 1.807) is 11.8 Å². The first-order valence-corrected chi connectivity index (χ1v) is 7.27. The van der Waals surface area contributed by atoms with E-state index in [2.05, 4.69) is 38.1 Å². The molecule has 0 saturated heterocycles. The number of anilines is 1. The van der Waals surface area contributed by atoms with Crippen LogP contribution in [0.3, 0.4) is 0 Å². The number of ether oxygens (including phenoxy) is 1. The van der Waals surface area contributed by atoms with Crippen LogP contribution in [-0.2, 0) is 0 Å². The van der Waals surface area contributed by atoms with E-state index in [0.717, 1.165) is 17.1 Å². The molecule has 0 aliphatic heterocycles. The Bertz CT molecular complexity index is 554. The van der Waals surface area contributed by atoms with Gasteiger partial charge >= 0.3 is 0 Å². The summed E-state index contributed by atoms with van der Waals surface area (Å²) in [4.78, 5) is 2.37. The molecule has 0 heterocycles. The number of hydrogen-bond donors (Lipinski definition) is 1. The van der Waals surface area contributed by atoms with Crippen LogP contribution in [0.4, 0.5) is 5.69 Å². The molecule has 19 heavy (non-hydrogen) atoms. The molecule has 0 bridgehead atoms. The molecular formula is C16H19NOS. The molecule has 0 atom stereocenters. The minimum absolute atomic E-state index is 0.696. The van der Waals surface area contributed by atoms with Gasteiger partial charge in [-0.15, -0.1) is 0 Å². The van der Waals surface area contributed by atoms with Crippen molar-refractivity contribution in [1.82, 2.24) is 0 Å². The Balaban J connectivity index is 2.16. The summed E-state index contributed by atoms with van der Waals surface area (Å²) in [6, 6.07) is 14.4. The first-order valence-electron chi connectivity index (χ1n) is 6.46. The second-order valence-corrected chi connectivity index (χ2v) is 5.61. The van der Waals surface area contributed by atoms with Gasteiger partial charge in [-0.2, -0.15) is 0 Å². The van der Waals surface area contributed by atoms with Crippen molar-refractivity contribution >= 4 is 17.4 Å². The fourth-order valence-electron chi connectivity index (χ4n) is 1.73. The first kappa shape index (κ1) is 13.8. The van der Waals surface area contributed by atoms with Crippen molar-refractivity contribution in [3.63, 3.8) is 0 Å². The summed E-state index contributed by atoms with van der Waals surface area (Å²) in [7, 11) is 0. The third kappa shape index (κ3) is 3.93. The smallest absolute Gasteiger partial charge is 0.143 e. The predicted molar refractivity (Wildman–Crippen MR) is 81.9 cm³/mol. The maximum absolute atomic E-state index is 5.91. The average molecular weight is 273 g/mol. The van der Waals surface area contributed by atoms with Crippen molar-refractivity contribution in [3.8, 4) is 5.75 Å². The van der Waals surface area contributed by atoms with Crippen molar-refractivity contribution in [3.05, 3.63) is 48.0 Å². The zero-order valence-electron chi connectivity index (χ0n) is 11.3. The molecule has 0 aromatic heterocycles. The summed E-state index contributed by atoms with van der Waals surface area (Å²) in [6.45, 7) is 4.88. The Hall–Kier alpha value is -1.61. The molecule has 2 N–H and O–H groups in total. The second-order valence-electron chi connectivity index (χ2n) is 4.47. The molecule has 0 radical (unpaired) electrons. The predicted octanol–water partition coefficient (Wildman–Crippen LogP) is 4.52. The lowest BCUT2D eigenvalue weighted by atomic mass is 10.2. The topological polar surface area (TPSA) is 35.2 Å². The number of benzene rings is 2. The van der Waals surface area contributed by atoms with Gasteiger partial charge in [-0.25, -0.2) is 0 Å². The van der Waals surface area contributed by atoms with Gasteiger partial charge in [0.05, 0.1) is 12.3 Å².